The van der Waals surface area contributed by atoms with Crippen LogP contribution in [0.3, 0.4) is 0 Å². The summed E-state index contributed by atoms with van der Waals surface area (Å²) in [4.78, 5) is 11.7. The van der Waals surface area contributed by atoms with Gasteiger partial charge >= 0.3 is 0 Å². The van der Waals surface area contributed by atoms with Gasteiger partial charge in [-0.05, 0) is 18.9 Å². The fourth-order valence-corrected chi connectivity index (χ4v) is 1.60. The standard InChI is InChI=1S/C11H15N5O/c1-8-10(6-13-15-8)11(17)12-4-3-9-5-14-16(2)7-9/h5-7H,3-4H2,1-2H3,(H,12,17)(H,13,15). The molecule has 0 aliphatic carbocycles. The second-order valence-electron chi connectivity index (χ2n) is 3.94. The minimum atomic E-state index is -0.0971. The molecule has 2 rings (SSSR count). The lowest BCUT2D eigenvalue weighted by Gasteiger charge is -2.02. The molecule has 0 fully saturated rings. The summed E-state index contributed by atoms with van der Waals surface area (Å²) >= 11 is 0. The molecule has 2 heterocycles. The second-order valence-corrected chi connectivity index (χ2v) is 3.94. The Hall–Kier alpha value is -2.11. The SMILES string of the molecule is Cc1[nH]ncc1C(=O)NCCc1cnn(C)c1. The maximum absolute atomic E-state index is 11.7. The molecule has 2 aromatic rings. The Labute approximate surface area is 99.0 Å². The number of hydrogen-bond acceptors (Lipinski definition) is 3. The summed E-state index contributed by atoms with van der Waals surface area (Å²) in [6, 6.07) is 0. The Kier molecular flexibility index (Phi) is 3.22. The zero-order chi connectivity index (χ0) is 12.3. The minimum absolute atomic E-state index is 0.0971. The number of nitrogens with zero attached hydrogens (tertiary/aromatic N) is 3. The lowest BCUT2D eigenvalue weighted by molar-refractivity contribution is 0.0953. The molecule has 0 unspecified atom stereocenters. The van der Waals surface area contributed by atoms with E-state index in [0.29, 0.717) is 12.1 Å². The molecule has 0 atom stereocenters. The molecule has 6 nitrogen and oxygen atoms in total. The summed E-state index contributed by atoms with van der Waals surface area (Å²) in [5.41, 5.74) is 2.48. The highest BCUT2D eigenvalue weighted by Gasteiger charge is 2.09. The van der Waals surface area contributed by atoms with Gasteiger partial charge in [0.15, 0.2) is 0 Å². The molecule has 0 spiro atoms. The molecular formula is C11H15N5O. The van der Waals surface area contributed by atoms with Crippen molar-refractivity contribution in [1.29, 1.82) is 0 Å². The van der Waals surface area contributed by atoms with Crippen molar-refractivity contribution in [2.75, 3.05) is 6.54 Å². The maximum atomic E-state index is 11.7. The summed E-state index contributed by atoms with van der Waals surface area (Å²) < 4.78 is 1.75. The van der Waals surface area contributed by atoms with Crippen molar-refractivity contribution in [3.63, 3.8) is 0 Å². The average molecular weight is 233 g/mol. The highest BCUT2D eigenvalue weighted by molar-refractivity contribution is 5.94. The van der Waals surface area contributed by atoms with Crippen molar-refractivity contribution in [2.45, 2.75) is 13.3 Å². The van der Waals surface area contributed by atoms with Gasteiger partial charge in [-0.3, -0.25) is 14.6 Å². The molecule has 2 N–H and O–H groups in total. The normalized spacial score (nSPS) is 10.5. The van der Waals surface area contributed by atoms with Gasteiger partial charge in [0.1, 0.15) is 0 Å². The topological polar surface area (TPSA) is 75.6 Å². The third-order valence-electron chi connectivity index (χ3n) is 2.53. The first kappa shape index (κ1) is 11.4. The van der Waals surface area contributed by atoms with E-state index in [4.69, 9.17) is 0 Å². The van der Waals surface area contributed by atoms with Crippen LogP contribution < -0.4 is 5.32 Å². The van der Waals surface area contributed by atoms with Gasteiger partial charge in [0.05, 0.1) is 18.0 Å². The smallest absolute Gasteiger partial charge is 0.254 e. The first-order chi connectivity index (χ1) is 8.16. The fraction of sp³-hybridized carbons (Fsp3) is 0.364. The van der Waals surface area contributed by atoms with E-state index in [1.54, 1.807) is 10.9 Å². The Morgan fingerprint density at radius 1 is 1.53 bits per heavy atom. The van der Waals surface area contributed by atoms with Crippen LogP contribution in [0.15, 0.2) is 18.6 Å². The van der Waals surface area contributed by atoms with Gasteiger partial charge in [-0.25, -0.2) is 0 Å². The highest BCUT2D eigenvalue weighted by Crippen LogP contribution is 2.02. The van der Waals surface area contributed by atoms with E-state index in [-0.39, 0.29) is 5.91 Å². The molecule has 17 heavy (non-hydrogen) atoms. The van der Waals surface area contributed by atoms with Gasteiger partial charge in [0, 0.05) is 25.5 Å². The van der Waals surface area contributed by atoms with E-state index in [0.717, 1.165) is 17.7 Å². The van der Waals surface area contributed by atoms with Gasteiger partial charge < -0.3 is 5.32 Å². The number of carbonyl (C=O) groups excluding carboxylic acids is 1. The zero-order valence-corrected chi connectivity index (χ0v) is 9.90. The molecule has 0 radical (unpaired) electrons. The summed E-state index contributed by atoms with van der Waals surface area (Å²) in [6.45, 7) is 2.41. The van der Waals surface area contributed by atoms with E-state index in [1.807, 2.05) is 20.2 Å². The average Bonchev–Trinajstić information content (AvgIpc) is 2.87. The van der Waals surface area contributed by atoms with E-state index in [1.165, 1.54) is 6.20 Å². The molecule has 2 aromatic heterocycles. The van der Waals surface area contributed by atoms with Crippen molar-refractivity contribution in [2.24, 2.45) is 7.05 Å². The molecule has 6 heteroatoms. The second kappa shape index (κ2) is 4.82. The van der Waals surface area contributed by atoms with E-state index in [2.05, 4.69) is 20.6 Å². The number of aromatic nitrogens is 4. The molecular weight excluding hydrogens is 218 g/mol. The summed E-state index contributed by atoms with van der Waals surface area (Å²) in [5, 5.41) is 13.5. The van der Waals surface area contributed by atoms with E-state index in [9.17, 15) is 4.79 Å². The van der Waals surface area contributed by atoms with Crippen LogP contribution in [0, 0.1) is 6.92 Å². The number of hydrogen-bond donors (Lipinski definition) is 2. The number of rotatable bonds is 4. The van der Waals surface area contributed by atoms with Gasteiger partial charge in [-0.2, -0.15) is 10.2 Å². The van der Waals surface area contributed by atoms with Crippen LogP contribution in [0.4, 0.5) is 0 Å². The molecule has 0 saturated heterocycles. The number of aromatic amines is 1. The largest absolute Gasteiger partial charge is 0.352 e. The predicted octanol–water partition coefficient (Wildman–Crippen LogP) is 0.424. The van der Waals surface area contributed by atoms with Crippen LogP contribution in [0.5, 0.6) is 0 Å². The molecule has 0 aromatic carbocycles. The number of carbonyl (C=O) groups is 1. The van der Waals surface area contributed by atoms with Gasteiger partial charge in [-0.1, -0.05) is 0 Å². The minimum Gasteiger partial charge on any atom is -0.352 e. The van der Waals surface area contributed by atoms with Crippen LogP contribution in [0.1, 0.15) is 21.6 Å². The maximum Gasteiger partial charge on any atom is 0.254 e. The Morgan fingerprint density at radius 3 is 2.94 bits per heavy atom. The summed E-state index contributed by atoms with van der Waals surface area (Å²) in [6.07, 6.45) is 6.05. The molecule has 90 valence electrons. The number of nitrogens with one attached hydrogen (secondary N) is 2. The van der Waals surface area contributed by atoms with Crippen molar-refractivity contribution >= 4 is 5.91 Å². The Balaban J connectivity index is 1.83. The Morgan fingerprint density at radius 2 is 2.35 bits per heavy atom. The van der Waals surface area contributed by atoms with Crippen molar-refractivity contribution < 1.29 is 4.79 Å². The quantitative estimate of drug-likeness (QED) is 0.803. The van der Waals surface area contributed by atoms with Crippen LogP contribution in [0.25, 0.3) is 0 Å². The zero-order valence-electron chi connectivity index (χ0n) is 9.90. The van der Waals surface area contributed by atoms with Crippen molar-refractivity contribution in [3.05, 3.63) is 35.4 Å². The van der Waals surface area contributed by atoms with Crippen LogP contribution in [0.2, 0.25) is 0 Å². The first-order valence-electron chi connectivity index (χ1n) is 5.42. The summed E-state index contributed by atoms with van der Waals surface area (Å²) in [7, 11) is 1.87. The molecule has 1 amide bonds. The number of amides is 1. The van der Waals surface area contributed by atoms with E-state index < -0.39 is 0 Å². The van der Waals surface area contributed by atoms with Gasteiger partial charge in [0.25, 0.3) is 5.91 Å². The highest BCUT2D eigenvalue weighted by atomic mass is 16.1. The first-order valence-corrected chi connectivity index (χ1v) is 5.42. The molecule has 0 aliphatic heterocycles. The third-order valence-corrected chi connectivity index (χ3v) is 2.53. The Bertz CT molecular complexity index is 513. The monoisotopic (exact) mass is 233 g/mol. The lowest BCUT2D eigenvalue weighted by Crippen LogP contribution is -2.25. The molecule has 0 aliphatic rings. The van der Waals surface area contributed by atoms with E-state index >= 15 is 0 Å². The fourth-order valence-electron chi connectivity index (χ4n) is 1.60. The summed E-state index contributed by atoms with van der Waals surface area (Å²) in [5.74, 6) is -0.0971. The van der Waals surface area contributed by atoms with Gasteiger partial charge in [-0.15, -0.1) is 0 Å². The third kappa shape index (κ3) is 2.72. The lowest BCUT2D eigenvalue weighted by atomic mass is 10.2. The van der Waals surface area contributed by atoms with Crippen LogP contribution in [-0.4, -0.2) is 32.4 Å². The van der Waals surface area contributed by atoms with Gasteiger partial charge in [0.2, 0.25) is 0 Å². The van der Waals surface area contributed by atoms with Crippen LogP contribution in [-0.2, 0) is 13.5 Å². The number of aryl methyl sites for hydroxylation is 2. The molecule has 0 saturated carbocycles. The number of H-pyrrole nitrogens is 1. The van der Waals surface area contributed by atoms with Crippen molar-refractivity contribution in [3.8, 4) is 0 Å². The van der Waals surface area contributed by atoms with Crippen LogP contribution >= 0.6 is 0 Å². The molecule has 0 bridgehead atoms. The predicted molar refractivity (Wildman–Crippen MR) is 62.6 cm³/mol. The van der Waals surface area contributed by atoms with Crippen molar-refractivity contribution in [1.82, 2.24) is 25.3 Å².